The Hall–Kier alpha value is -1.98. The van der Waals surface area contributed by atoms with Crippen molar-refractivity contribution in [3.8, 4) is 5.75 Å². The number of carbonyl (C=O) groups is 2. The smallest absolute Gasteiger partial charge is 0.387 e. The van der Waals surface area contributed by atoms with Crippen LogP contribution < -0.4 is 4.74 Å². The van der Waals surface area contributed by atoms with Gasteiger partial charge in [0.2, 0.25) is 0 Å². The number of halogens is 2. The third-order valence-corrected chi connectivity index (χ3v) is 2.06. The largest absolute Gasteiger partial charge is 0.478 e. The van der Waals surface area contributed by atoms with Crippen molar-refractivity contribution in [1.82, 2.24) is 0 Å². The van der Waals surface area contributed by atoms with Crippen molar-refractivity contribution in [3.63, 3.8) is 0 Å². The van der Waals surface area contributed by atoms with Crippen LogP contribution in [-0.4, -0.2) is 24.0 Å². The van der Waals surface area contributed by atoms with Crippen LogP contribution in [0, 0.1) is 0 Å². The zero-order valence-corrected chi connectivity index (χ0v) is 8.73. The van der Waals surface area contributed by atoms with E-state index < -0.39 is 12.6 Å². The molecule has 17 heavy (non-hydrogen) atoms. The molecule has 1 N–H and O–H groups in total. The number of alkyl halides is 2. The Kier molecular flexibility index (Phi) is 4.56. The van der Waals surface area contributed by atoms with Gasteiger partial charge in [0.15, 0.2) is 0 Å². The van der Waals surface area contributed by atoms with Gasteiger partial charge >= 0.3 is 12.6 Å². The fourth-order valence-electron chi connectivity index (χ4n) is 1.33. The predicted molar refractivity (Wildman–Crippen MR) is 54.4 cm³/mol. The summed E-state index contributed by atoms with van der Waals surface area (Å²) in [5, 5.41) is 8.75. The van der Waals surface area contributed by atoms with Gasteiger partial charge in [0.05, 0.1) is 5.56 Å². The van der Waals surface area contributed by atoms with Gasteiger partial charge in [-0.2, -0.15) is 8.78 Å². The molecule has 0 aliphatic heterocycles. The molecule has 0 aliphatic carbocycles. The van der Waals surface area contributed by atoms with E-state index in [1.54, 1.807) is 0 Å². The summed E-state index contributed by atoms with van der Waals surface area (Å²) in [6.07, 6.45) is 0.898. The number of ether oxygens (including phenoxy) is 1. The molecule has 1 aromatic rings. The van der Waals surface area contributed by atoms with Gasteiger partial charge in [-0.1, -0.05) is 0 Å². The highest BCUT2D eigenvalue weighted by atomic mass is 19.3. The summed E-state index contributed by atoms with van der Waals surface area (Å²) >= 11 is 0. The lowest BCUT2D eigenvalue weighted by Gasteiger charge is -2.10. The first kappa shape index (κ1) is 13.1. The van der Waals surface area contributed by atoms with Crippen molar-refractivity contribution in [2.24, 2.45) is 0 Å². The summed E-state index contributed by atoms with van der Waals surface area (Å²) in [4.78, 5) is 20.9. The third-order valence-electron chi connectivity index (χ3n) is 2.06. The standard InChI is InChI=1S/C11H10F2O4/c12-11(13)17-9-4-3-8(10(15)16)6-7(9)2-1-5-14/h3-6,11H,1-2H2,(H,15,16). The highest BCUT2D eigenvalue weighted by Crippen LogP contribution is 2.23. The Labute approximate surface area is 95.8 Å². The highest BCUT2D eigenvalue weighted by Gasteiger charge is 2.12. The summed E-state index contributed by atoms with van der Waals surface area (Å²) in [6, 6.07) is 3.56. The van der Waals surface area contributed by atoms with Gasteiger partial charge in [-0.25, -0.2) is 4.79 Å². The lowest BCUT2D eigenvalue weighted by Crippen LogP contribution is -2.06. The number of benzene rings is 1. The first-order valence-electron chi connectivity index (χ1n) is 4.79. The number of aryl methyl sites for hydroxylation is 1. The van der Waals surface area contributed by atoms with E-state index in [0.29, 0.717) is 6.29 Å². The van der Waals surface area contributed by atoms with Crippen molar-refractivity contribution >= 4 is 12.3 Å². The fourth-order valence-corrected chi connectivity index (χ4v) is 1.33. The second-order valence-electron chi connectivity index (χ2n) is 3.21. The zero-order valence-electron chi connectivity index (χ0n) is 8.73. The van der Waals surface area contributed by atoms with E-state index in [1.165, 1.54) is 12.1 Å². The van der Waals surface area contributed by atoms with Crippen LogP contribution in [0.5, 0.6) is 5.75 Å². The minimum Gasteiger partial charge on any atom is -0.478 e. The second-order valence-corrected chi connectivity index (χ2v) is 3.21. The number of carboxylic acid groups (broad SMARTS) is 1. The fraction of sp³-hybridized carbons (Fsp3) is 0.273. The number of aldehydes is 1. The van der Waals surface area contributed by atoms with E-state index >= 15 is 0 Å². The van der Waals surface area contributed by atoms with Gasteiger partial charge < -0.3 is 14.6 Å². The van der Waals surface area contributed by atoms with Crippen LogP contribution in [0.2, 0.25) is 0 Å². The summed E-state index contributed by atoms with van der Waals surface area (Å²) in [5.74, 6) is -1.27. The quantitative estimate of drug-likeness (QED) is 0.778. The first-order chi connectivity index (χ1) is 8.04. The zero-order chi connectivity index (χ0) is 12.8. The van der Waals surface area contributed by atoms with Crippen LogP contribution in [-0.2, 0) is 11.2 Å². The molecule has 0 bridgehead atoms. The highest BCUT2D eigenvalue weighted by molar-refractivity contribution is 5.88. The van der Waals surface area contributed by atoms with Gasteiger partial charge in [-0.15, -0.1) is 0 Å². The second kappa shape index (κ2) is 5.93. The van der Waals surface area contributed by atoms with Crippen LogP contribution in [0.1, 0.15) is 22.3 Å². The molecule has 0 saturated heterocycles. The molecule has 0 aromatic heterocycles. The summed E-state index contributed by atoms with van der Waals surface area (Å²) in [6.45, 7) is -2.99. The van der Waals surface area contributed by atoms with Gasteiger partial charge in [-0.05, 0) is 30.2 Å². The molecule has 0 aliphatic rings. The van der Waals surface area contributed by atoms with Gasteiger partial charge in [0.25, 0.3) is 0 Å². The Balaban J connectivity index is 3.02. The maximum atomic E-state index is 12.1. The van der Waals surface area contributed by atoms with Gasteiger partial charge in [-0.3, -0.25) is 0 Å². The Morgan fingerprint density at radius 1 is 1.47 bits per heavy atom. The summed E-state index contributed by atoms with van der Waals surface area (Å²) in [5.41, 5.74) is 0.241. The summed E-state index contributed by atoms with van der Waals surface area (Å²) in [7, 11) is 0. The number of hydrogen-bond acceptors (Lipinski definition) is 3. The monoisotopic (exact) mass is 244 g/mol. The van der Waals surface area contributed by atoms with Crippen molar-refractivity contribution in [2.75, 3.05) is 0 Å². The molecular weight excluding hydrogens is 234 g/mol. The van der Waals surface area contributed by atoms with Gasteiger partial charge in [0.1, 0.15) is 12.0 Å². The van der Waals surface area contributed by atoms with E-state index in [0.717, 1.165) is 6.07 Å². The van der Waals surface area contributed by atoms with Gasteiger partial charge in [0, 0.05) is 6.42 Å². The lowest BCUT2D eigenvalue weighted by molar-refractivity contribution is -0.107. The molecule has 4 nitrogen and oxygen atoms in total. The Bertz CT molecular complexity index is 418. The number of carbonyl (C=O) groups excluding carboxylic acids is 1. The molecule has 1 rings (SSSR count). The van der Waals surface area contributed by atoms with E-state index in [1.807, 2.05) is 0 Å². The number of carboxylic acids is 1. The van der Waals surface area contributed by atoms with Crippen molar-refractivity contribution in [3.05, 3.63) is 29.3 Å². The van der Waals surface area contributed by atoms with Crippen molar-refractivity contribution < 1.29 is 28.2 Å². The molecule has 0 amide bonds. The van der Waals surface area contributed by atoms with E-state index in [2.05, 4.69) is 4.74 Å². The SMILES string of the molecule is O=CCCc1cc(C(=O)O)ccc1OC(F)F. The molecule has 6 heteroatoms. The summed E-state index contributed by atoms with van der Waals surface area (Å²) < 4.78 is 28.4. The molecule has 0 spiro atoms. The maximum absolute atomic E-state index is 12.1. The molecule has 92 valence electrons. The Morgan fingerprint density at radius 2 is 2.18 bits per heavy atom. The number of aromatic carboxylic acids is 1. The average Bonchev–Trinajstić information content (AvgIpc) is 2.26. The van der Waals surface area contributed by atoms with Crippen LogP contribution in [0.25, 0.3) is 0 Å². The molecule has 0 radical (unpaired) electrons. The number of hydrogen-bond donors (Lipinski definition) is 1. The first-order valence-corrected chi connectivity index (χ1v) is 4.79. The molecule has 0 saturated carbocycles. The van der Waals surface area contributed by atoms with Crippen LogP contribution in [0.15, 0.2) is 18.2 Å². The average molecular weight is 244 g/mol. The molecule has 0 fully saturated rings. The van der Waals surface area contributed by atoms with E-state index in [9.17, 15) is 18.4 Å². The maximum Gasteiger partial charge on any atom is 0.387 e. The van der Waals surface area contributed by atoms with Crippen LogP contribution in [0.4, 0.5) is 8.78 Å². The lowest BCUT2D eigenvalue weighted by atomic mass is 10.1. The van der Waals surface area contributed by atoms with Crippen LogP contribution in [0.3, 0.4) is 0 Å². The topological polar surface area (TPSA) is 63.6 Å². The van der Waals surface area contributed by atoms with Crippen molar-refractivity contribution in [2.45, 2.75) is 19.5 Å². The van der Waals surface area contributed by atoms with E-state index in [-0.39, 0.29) is 29.7 Å². The molecular formula is C11H10F2O4. The normalized spacial score (nSPS) is 10.3. The Morgan fingerprint density at radius 3 is 2.71 bits per heavy atom. The van der Waals surface area contributed by atoms with E-state index in [4.69, 9.17) is 5.11 Å². The predicted octanol–water partition coefficient (Wildman–Crippen LogP) is 2.12. The number of rotatable bonds is 6. The molecule has 0 atom stereocenters. The van der Waals surface area contributed by atoms with Crippen molar-refractivity contribution in [1.29, 1.82) is 0 Å². The minimum absolute atomic E-state index is 0.0347. The third kappa shape index (κ3) is 3.82. The molecule has 0 unspecified atom stereocenters. The van der Waals surface area contributed by atoms with Crippen LogP contribution >= 0.6 is 0 Å². The molecule has 0 heterocycles. The minimum atomic E-state index is -2.99. The molecule has 1 aromatic carbocycles.